The van der Waals surface area contributed by atoms with Gasteiger partial charge in [-0.25, -0.2) is 9.69 Å². The van der Waals surface area contributed by atoms with Crippen LogP contribution in [0.25, 0.3) is 6.08 Å². The van der Waals surface area contributed by atoms with E-state index >= 15 is 0 Å². The molecule has 0 atom stereocenters. The molecule has 2 heterocycles. The molecule has 1 N–H and O–H groups in total. The minimum atomic E-state index is -0.742. The highest BCUT2D eigenvalue weighted by Gasteiger charge is 2.36. The van der Waals surface area contributed by atoms with Crippen LogP contribution in [0.2, 0.25) is 0 Å². The lowest BCUT2D eigenvalue weighted by molar-refractivity contribution is -0.122. The number of nitrogens with zero attached hydrogens (tertiary/aromatic N) is 2. The summed E-state index contributed by atoms with van der Waals surface area (Å²) >= 11 is 0. The van der Waals surface area contributed by atoms with E-state index in [0.29, 0.717) is 11.4 Å². The highest BCUT2D eigenvalue weighted by Crippen LogP contribution is 2.22. The number of imide groups is 2. The molecule has 1 aromatic carbocycles. The van der Waals surface area contributed by atoms with Crippen LogP contribution in [-0.2, 0) is 16.6 Å². The van der Waals surface area contributed by atoms with Crippen molar-refractivity contribution < 1.29 is 14.4 Å². The summed E-state index contributed by atoms with van der Waals surface area (Å²) in [6, 6.07) is 9.91. The Bertz CT molecular complexity index is 875. The van der Waals surface area contributed by atoms with Crippen LogP contribution in [-0.4, -0.2) is 22.4 Å². The van der Waals surface area contributed by atoms with Gasteiger partial charge in [0.15, 0.2) is 0 Å². The van der Waals surface area contributed by atoms with Crippen molar-refractivity contribution in [1.29, 1.82) is 0 Å². The molecule has 24 heavy (non-hydrogen) atoms. The lowest BCUT2D eigenvalue weighted by Gasteiger charge is -2.26. The fraction of sp³-hybridized carbons (Fsp3) is 0.167. The molecule has 1 saturated heterocycles. The average Bonchev–Trinajstić information content (AvgIpc) is 2.85. The number of hydrogen-bond acceptors (Lipinski definition) is 3. The number of urea groups is 1. The van der Waals surface area contributed by atoms with Gasteiger partial charge in [0.2, 0.25) is 0 Å². The van der Waals surface area contributed by atoms with E-state index in [-0.39, 0.29) is 5.57 Å². The second-order valence-electron chi connectivity index (χ2n) is 5.75. The third-order valence-electron chi connectivity index (χ3n) is 4.10. The van der Waals surface area contributed by atoms with Gasteiger partial charge in [0.1, 0.15) is 5.57 Å². The van der Waals surface area contributed by atoms with Crippen LogP contribution in [0.1, 0.15) is 17.0 Å². The van der Waals surface area contributed by atoms with E-state index in [4.69, 9.17) is 0 Å². The number of barbiturate groups is 1. The van der Waals surface area contributed by atoms with Gasteiger partial charge in [0, 0.05) is 18.4 Å². The largest absolute Gasteiger partial charge is 0.348 e. The van der Waals surface area contributed by atoms with E-state index < -0.39 is 17.8 Å². The summed E-state index contributed by atoms with van der Waals surface area (Å²) in [7, 11) is 1.84. The van der Waals surface area contributed by atoms with Crippen molar-refractivity contribution in [2.45, 2.75) is 13.8 Å². The zero-order valence-corrected chi connectivity index (χ0v) is 13.7. The Morgan fingerprint density at radius 2 is 1.62 bits per heavy atom. The SMILES string of the molecule is Cc1ccc(N2C(=O)NC(=O)/C(=C\c3ccc(C)n3C)C2=O)cc1. The minimum Gasteiger partial charge on any atom is -0.348 e. The fourth-order valence-corrected chi connectivity index (χ4v) is 2.51. The number of hydrogen-bond donors (Lipinski definition) is 1. The molecule has 6 heteroatoms. The first kappa shape index (κ1) is 15.7. The van der Waals surface area contributed by atoms with Gasteiger partial charge in [-0.2, -0.15) is 0 Å². The molecule has 0 bridgehead atoms. The van der Waals surface area contributed by atoms with Gasteiger partial charge in [-0.15, -0.1) is 0 Å². The Morgan fingerprint density at radius 1 is 0.958 bits per heavy atom. The number of benzene rings is 1. The highest BCUT2D eigenvalue weighted by molar-refractivity contribution is 6.39. The van der Waals surface area contributed by atoms with Crippen LogP contribution in [0.5, 0.6) is 0 Å². The predicted octanol–water partition coefficient (Wildman–Crippen LogP) is 2.31. The molecule has 1 fully saturated rings. The van der Waals surface area contributed by atoms with Gasteiger partial charge in [-0.05, 0) is 44.2 Å². The van der Waals surface area contributed by atoms with Crippen molar-refractivity contribution in [3.05, 3.63) is 58.9 Å². The van der Waals surface area contributed by atoms with Crippen molar-refractivity contribution in [2.75, 3.05) is 4.90 Å². The quantitative estimate of drug-likeness (QED) is 0.681. The average molecular weight is 323 g/mol. The maximum absolute atomic E-state index is 12.7. The van der Waals surface area contributed by atoms with Gasteiger partial charge in [-0.3, -0.25) is 14.9 Å². The number of carbonyl (C=O) groups excluding carboxylic acids is 3. The number of aryl methyl sites for hydroxylation is 2. The summed E-state index contributed by atoms with van der Waals surface area (Å²) in [4.78, 5) is 37.9. The van der Waals surface area contributed by atoms with Gasteiger partial charge in [0.25, 0.3) is 11.8 Å². The molecule has 0 aliphatic carbocycles. The molecular formula is C18H17N3O3. The lowest BCUT2D eigenvalue weighted by atomic mass is 10.1. The minimum absolute atomic E-state index is 0.0728. The summed E-state index contributed by atoms with van der Waals surface area (Å²) in [6.07, 6.45) is 1.50. The van der Waals surface area contributed by atoms with Gasteiger partial charge in [-0.1, -0.05) is 17.7 Å². The highest BCUT2D eigenvalue weighted by atomic mass is 16.2. The maximum Gasteiger partial charge on any atom is 0.335 e. The van der Waals surface area contributed by atoms with E-state index in [9.17, 15) is 14.4 Å². The summed E-state index contributed by atoms with van der Waals surface area (Å²) in [6.45, 7) is 3.83. The van der Waals surface area contributed by atoms with Crippen molar-refractivity contribution in [1.82, 2.24) is 9.88 Å². The molecule has 0 unspecified atom stereocenters. The van der Waals surface area contributed by atoms with Crippen LogP contribution >= 0.6 is 0 Å². The third kappa shape index (κ3) is 2.62. The van der Waals surface area contributed by atoms with E-state index in [2.05, 4.69) is 5.32 Å². The fourth-order valence-electron chi connectivity index (χ4n) is 2.51. The Balaban J connectivity index is 2.03. The smallest absolute Gasteiger partial charge is 0.335 e. The topological polar surface area (TPSA) is 71.4 Å². The van der Waals surface area contributed by atoms with Crippen molar-refractivity contribution in [2.24, 2.45) is 7.05 Å². The Morgan fingerprint density at radius 3 is 2.21 bits per heavy atom. The number of nitrogens with one attached hydrogen (secondary N) is 1. The van der Waals surface area contributed by atoms with Gasteiger partial charge >= 0.3 is 6.03 Å². The first-order valence-corrected chi connectivity index (χ1v) is 7.49. The molecule has 3 rings (SSSR count). The number of carbonyl (C=O) groups is 3. The van der Waals surface area contributed by atoms with E-state index in [1.807, 2.05) is 37.6 Å². The molecule has 1 aromatic heterocycles. The van der Waals surface area contributed by atoms with E-state index in [0.717, 1.165) is 16.2 Å². The molecule has 0 saturated carbocycles. The lowest BCUT2D eigenvalue weighted by Crippen LogP contribution is -2.54. The van der Waals surface area contributed by atoms with Gasteiger partial charge in [0.05, 0.1) is 5.69 Å². The second-order valence-corrected chi connectivity index (χ2v) is 5.75. The zero-order valence-electron chi connectivity index (χ0n) is 13.7. The number of aromatic nitrogens is 1. The molecule has 122 valence electrons. The second kappa shape index (κ2) is 5.81. The maximum atomic E-state index is 12.7. The summed E-state index contributed by atoms with van der Waals surface area (Å²) in [5.74, 6) is -1.32. The van der Waals surface area contributed by atoms with Crippen LogP contribution in [0.4, 0.5) is 10.5 Å². The summed E-state index contributed by atoms with van der Waals surface area (Å²) in [5, 5.41) is 2.22. The molecule has 6 nitrogen and oxygen atoms in total. The van der Waals surface area contributed by atoms with Crippen molar-refractivity contribution >= 4 is 29.6 Å². The summed E-state index contributed by atoms with van der Waals surface area (Å²) < 4.78 is 1.86. The number of amides is 4. The summed E-state index contributed by atoms with van der Waals surface area (Å²) in [5.41, 5.74) is 3.07. The Hall–Kier alpha value is -3.15. The van der Waals surface area contributed by atoms with Crippen LogP contribution in [0, 0.1) is 13.8 Å². The predicted molar refractivity (Wildman–Crippen MR) is 90.3 cm³/mol. The monoisotopic (exact) mass is 323 g/mol. The third-order valence-corrected chi connectivity index (χ3v) is 4.10. The molecule has 1 aliphatic rings. The molecule has 1 aliphatic heterocycles. The molecule has 4 amide bonds. The van der Waals surface area contributed by atoms with Crippen molar-refractivity contribution in [3.8, 4) is 0 Å². The molecular weight excluding hydrogens is 306 g/mol. The van der Waals surface area contributed by atoms with E-state index in [1.54, 1.807) is 24.3 Å². The number of rotatable bonds is 2. The van der Waals surface area contributed by atoms with E-state index in [1.165, 1.54) is 6.08 Å². The molecule has 2 aromatic rings. The normalized spacial score (nSPS) is 16.7. The first-order valence-electron chi connectivity index (χ1n) is 7.49. The van der Waals surface area contributed by atoms with Crippen LogP contribution in [0.3, 0.4) is 0 Å². The van der Waals surface area contributed by atoms with Crippen LogP contribution in [0.15, 0.2) is 42.0 Å². The molecule has 0 radical (unpaired) electrons. The zero-order chi connectivity index (χ0) is 17.4. The number of anilines is 1. The first-order chi connectivity index (χ1) is 11.4. The standard InChI is InChI=1S/C18H17N3O3/c1-11-4-7-13(8-5-11)21-17(23)15(16(22)19-18(21)24)10-14-9-6-12(2)20(14)3/h4-10H,1-3H3,(H,19,22,24)/b15-10+. The Kier molecular flexibility index (Phi) is 3.81. The van der Waals surface area contributed by atoms with Crippen LogP contribution < -0.4 is 10.2 Å². The Labute approximate surface area is 139 Å². The van der Waals surface area contributed by atoms with Crippen molar-refractivity contribution in [3.63, 3.8) is 0 Å². The molecule has 0 spiro atoms. The van der Waals surface area contributed by atoms with Gasteiger partial charge < -0.3 is 4.57 Å².